The Morgan fingerprint density at radius 2 is 1.66 bits per heavy atom. The van der Waals surface area contributed by atoms with Crippen molar-refractivity contribution in [2.24, 2.45) is 0 Å². The number of anilines is 1. The van der Waals surface area contributed by atoms with E-state index in [9.17, 15) is 31.1 Å². The van der Waals surface area contributed by atoms with Gasteiger partial charge in [-0.25, -0.2) is 4.68 Å². The van der Waals surface area contributed by atoms with Crippen molar-refractivity contribution in [3.63, 3.8) is 0 Å². The normalized spacial score (nSPS) is 18.5. The fourth-order valence-electron chi connectivity index (χ4n) is 4.14. The van der Waals surface area contributed by atoms with Crippen molar-refractivity contribution in [1.29, 1.82) is 0 Å². The van der Waals surface area contributed by atoms with E-state index in [4.69, 9.17) is 0 Å². The highest BCUT2D eigenvalue weighted by Crippen LogP contribution is 2.44. The minimum absolute atomic E-state index is 0.107. The monoisotopic (exact) mass is 496 g/mol. The number of fused-ring (bicyclic) bond motifs is 1. The number of halogens is 6. The van der Waals surface area contributed by atoms with Gasteiger partial charge in [-0.15, -0.1) is 0 Å². The molecule has 2 heterocycles. The van der Waals surface area contributed by atoms with Crippen LogP contribution in [0.3, 0.4) is 0 Å². The summed E-state index contributed by atoms with van der Waals surface area (Å²) in [6.07, 6.45) is -8.46. The Kier molecular flexibility index (Phi) is 6.06. The zero-order valence-corrected chi connectivity index (χ0v) is 18.7. The topological polar surface area (TPSA) is 59.0 Å². The van der Waals surface area contributed by atoms with Crippen molar-refractivity contribution in [1.82, 2.24) is 15.1 Å². The van der Waals surface area contributed by atoms with Crippen LogP contribution in [0.2, 0.25) is 0 Å². The zero-order valence-electron chi connectivity index (χ0n) is 18.7. The summed E-state index contributed by atoms with van der Waals surface area (Å²) in [6, 6.07) is 10.4. The largest absolute Gasteiger partial charge is 0.416 e. The molecule has 0 saturated heterocycles. The average molecular weight is 496 g/mol. The third kappa shape index (κ3) is 4.98. The van der Waals surface area contributed by atoms with Gasteiger partial charge in [0.1, 0.15) is 11.4 Å². The van der Waals surface area contributed by atoms with E-state index >= 15 is 0 Å². The summed E-state index contributed by atoms with van der Waals surface area (Å²) >= 11 is 0. The molecular formula is C24H22F6N4O. The van der Waals surface area contributed by atoms with Gasteiger partial charge in [0, 0.05) is 6.42 Å². The Balaban J connectivity index is 1.66. The highest BCUT2D eigenvalue weighted by molar-refractivity contribution is 5.99. The molecule has 5 nitrogen and oxygen atoms in total. The third-order valence-corrected chi connectivity index (χ3v) is 6.02. The number of hydrogen-bond acceptors (Lipinski definition) is 3. The van der Waals surface area contributed by atoms with Crippen molar-refractivity contribution < 1.29 is 31.1 Å². The Morgan fingerprint density at radius 1 is 1.00 bits per heavy atom. The van der Waals surface area contributed by atoms with Gasteiger partial charge in [0.05, 0.1) is 23.3 Å². The number of benzene rings is 2. The first kappa shape index (κ1) is 24.6. The number of nitrogens with zero attached hydrogens (tertiary/aromatic N) is 2. The molecule has 2 aromatic carbocycles. The molecule has 2 N–H and O–H groups in total. The molecule has 1 aromatic heterocycles. The Morgan fingerprint density at radius 3 is 2.29 bits per heavy atom. The molecule has 0 fully saturated rings. The van der Waals surface area contributed by atoms with Gasteiger partial charge in [-0.2, -0.15) is 31.4 Å². The van der Waals surface area contributed by atoms with E-state index in [1.165, 1.54) is 26.0 Å². The minimum atomic E-state index is -4.61. The van der Waals surface area contributed by atoms with Gasteiger partial charge in [-0.05, 0) is 37.1 Å². The molecule has 186 valence electrons. The molecule has 0 spiro atoms. The lowest BCUT2D eigenvalue weighted by Gasteiger charge is -2.34. The van der Waals surface area contributed by atoms with E-state index in [0.717, 1.165) is 23.0 Å². The molecule has 1 aliphatic rings. The predicted octanol–water partition coefficient (Wildman–Crippen LogP) is 6.23. The van der Waals surface area contributed by atoms with Gasteiger partial charge in [0.2, 0.25) is 0 Å². The average Bonchev–Trinajstić information content (AvgIpc) is 3.22. The third-order valence-electron chi connectivity index (χ3n) is 6.02. The molecule has 11 heteroatoms. The molecule has 2 atom stereocenters. The van der Waals surface area contributed by atoms with Crippen molar-refractivity contribution >= 4 is 11.7 Å². The number of nitrogens with one attached hydrogen (secondary N) is 2. The van der Waals surface area contributed by atoms with Crippen LogP contribution in [0.4, 0.5) is 32.2 Å². The number of rotatable bonds is 4. The summed E-state index contributed by atoms with van der Waals surface area (Å²) in [5.41, 5.74) is -1.47. The lowest BCUT2D eigenvalue weighted by atomic mass is 9.92. The molecule has 4 rings (SSSR count). The zero-order chi connectivity index (χ0) is 25.6. The molecule has 1 amide bonds. The van der Waals surface area contributed by atoms with E-state index in [1.807, 2.05) is 0 Å². The Bertz CT molecular complexity index is 1220. The standard InChI is InChI=1S/C24H22F6N4O/c1-22(2,15-9-6-10-16(11-15)23(25,26)27)33-21(35)17-13-31-34-19(24(28,29)30)12-18(32-20(17)34)14-7-4-3-5-8-14/h3-11,13,18-19,32H,12H2,1-2H3,(H,33,35). The van der Waals surface area contributed by atoms with E-state index in [2.05, 4.69) is 15.7 Å². The lowest BCUT2D eigenvalue weighted by molar-refractivity contribution is -0.173. The maximum Gasteiger partial charge on any atom is 0.416 e. The summed E-state index contributed by atoms with van der Waals surface area (Å²) in [5.74, 6) is -0.874. The molecule has 0 radical (unpaired) electrons. The summed E-state index contributed by atoms with van der Waals surface area (Å²) < 4.78 is 81.8. The lowest BCUT2D eigenvalue weighted by Crippen LogP contribution is -2.42. The van der Waals surface area contributed by atoms with Crippen molar-refractivity contribution in [3.8, 4) is 0 Å². The number of aromatic nitrogens is 2. The summed E-state index contributed by atoms with van der Waals surface area (Å²) in [5, 5.41) is 9.45. The van der Waals surface area contributed by atoms with E-state index in [-0.39, 0.29) is 23.4 Å². The maximum atomic E-state index is 13.9. The molecule has 2 unspecified atom stereocenters. The van der Waals surface area contributed by atoms with Gasteiger partial charge in [-0.3, -0.25) is 4.79 Å². The van der Waals surface area contributed by atoms with Crippen LogP contribution in [0.25, 0.3) is 0 Å². The molecule has 0 aliphatic carbocycles. The first-order chi connectivity index (χ1) is 16.3. The first-order valence-corrected chi connectivity index (χ1v) is 10.7. The maximum absolute atomic E-state index is 13.9. The van der Waals surface area contributed by atoms with Crippen LogP contribution in [0.5, 0.6) is 0 Å². The van der Waals surface area contributed by atoms with Crippen LogP contribution in [-0.2, 0) is 11.7 Å². The highest BCUT2D eigenvalue weighted by Gasteiger charge is 2.47. The first-order valence-electron chi connectivity index (χ1n) is 10.7. The smallest absolute Gasteiger partial charge is 0.363 e. The second kappa shape index (κ2) is 8.62. The van der Waals surface area contributed by atoms with Crippen molar-refractivity contribution in [3.05, 3.63) is 83.0 Å². The van der Waals surface area contributed by atoms with Gasteiger partial charge in [-0.1, -0.05) is 42.5 Å². The van der Waals surface area contributed by atoms with E-state index in [1.54, 1.807) is 30.3 Å². The summed E-state index contributed by atoms with van der Waals surface area (Å²) in [6.45, 7) is 3.02. The van der Waals surface area contributed by atoms with E-state index in [0.29, 0.717) is 5.56 Å². The number of carbonyl (C=O) groups excluding carboxylic acids is 1. The predicted molar refractivity (Wildman–Crippen MR) is 117 cm³/mol. The van der Waals surface area contributed by atoms with Gasteiger partial charge < -0.3 is 10.6 Å². The van der Waals surface area contributed by atoms with Gasteiger partial charge in [0.15, 0.2) is 6.04 Å². The molecular weight excluding hydrogens is 474 g/mol. The van der Waals surface area contributed by atoms with Crippen LogP contribution in [0.15, 0.2) is 60.8 Å². The van der Waals surface area contributed by atoms with Crippen LogP contribution >= 0.6 is 0 Å². The second-order valence-electron chi connectivity index (χ2n) is 8.91. The van der Waals surface area contributed by atoms with Crippen LogP contribution in [-0.4, -0.2) is 21.9 Å². The molecule has 1 aliphatic heterocycles. The highest BCUT2D eigenvalue weighted by atomic mass is 19.4. The SMILES string of the molecule is CC(C)(NC(=O)c1cnn2c1NC(c1ccccc1)CC2C(F)(F)F)c1cccc(C(F)(F)F)c1. The second-order valence-corrected chi connectivity index (χ2v) is 8.91. The van der Waals surface area contributed by atoms with Crippen molar-refractivity contribution in [2.75, 3.05) is 5.32 Å². The van der Waals surface area contributed by atoms with Crippen LogP contribution < -0.4 is 10.6 Å². The molecule has 0 saturated carbocycles. The summed E-state index contributed by atoms with van der Waals surface area (Å²) in [7, 11) is 0. The molecule has 0 bridgehead atoms. The van der Waals surface area contributed by atoms with E-state index < -0.39 is 41.4 Å². The Hall–Kier alpha value is -3.50. The number of hydrogen-bond donors (Lipinski definition) is 2. The van der Waals surface area contributed by atoms with Gasteiger partial charge in [0.25, 0.3) is 5.91 Å². The van der Waals surface area contributed by atoms with Gasteiger partial charge >= 0.3 is 12.4 Å². The fraction of sp³-hybridized carbons (Fsp3) is 0.333. The number of alkyl halides is 6. The molecule has 3 aromatic rings. The minimum Gasteiger partial charge on any atom is -0.363 e. The quantitative estimate of drug-likeness (QED) is 0.421. The summed E-state index contributed by atoms with van der Waals surface area (Å²) in [4.78, 5) is 13.1. The fourth-order valence-corrected chi connectivity index (χ4v) is 4.14. The number of carbonyl (C=O) groups is 1. The Labute approximate surface area is 197 Å². The molecule has 35 heavy (non-hydrogen) atoms. The number of amides is 1. The van der Waals surface area contributed by atoms with Crippen molar-refractivity contribution in [2.45, 2.75) is 50.2 Å². The van der Waals surface area contributed by atoms with Crippen LogP contribution in [0, 0.1) is 0 Å². The van der Waals surface area contributed by atoms with Crippen LogP contribution in [0.1, 0.15) is 59.4 Å².